The summed E-state index contributed by atoms with van der Waals surface area (Å²) >= 11 is 0. The molecule has 1 aromatic carbocycles. The normalized spacial score (nSPS) is 12.6. The number of benzene rings is 1. The Kier molecular flexibility index (Phi) is 3.96. The van der Waals surface area contributed by atoms with Crippen molar-refractivity contribution in [1.82, 2.24) is 0 Å². The molecule has 1 atom stereocenters. The first-order valence-electron chi connectivity index (χ1n) is 4.97. The predicted molar refractivity (Wildman–Crippen MR) is 60.9 cm³/mol. The lowest BCUT2D eigenvalue weighted by Gasteiger charge is -2.12. The molecule has 14 heavy (non-hydrogen) atoms. The Morgan fingerprint density at radius 1 is 1.21 bits per heavy atom. The second kappa shape index (κ2) is 5.01. The van der Waals surface area contributed by atoms with Gasteiger partial charge in [0, 0.05) is 19.3 Å². The van der Waals surface area contributed by atoms with Crippen LogP contribution in [0.4, 0.5) is 5.69 Å². The second-order valence-electron chi connectivity index (χ2n) is 3.80. The summed E-state index contributed by atoms with van der Waals surface area (Å²) in [6.07, 6.45) is 0.246. The molecule has 0 aliphatic carbocycles. The van der Waals surface area contributed by atoms with Crippen LogP contribution < -0.4 is 5.32 Å². The highest BCUT2D eigenvalue weighted by Gasteiger charge is 1.99. The molecule has 0 radical (unpaired) electrons. The van der Waals surface area contributed by atoms with Crippen molar-refractivity contribution >= 4 is 5.69 Å². The van der Waals surface area contributed by atoms with Crippen molar-refractivity contribution in [3.63, 3.8) is 0 Å². The molecule has 1 aromatic rings. The molecular formula is C12H19NO. The number of ether oxygens (including phenoxy) is 1. The van der Waals surface area contributed by atoms with Gasteiger partial charge in [-0.25, -0.2) is 0 Å². The lowest BCUT2D eigenvalue weighted by atomic mass is 10.1. The van der Waals surface area contributed by atoms with Gasteiger partial charge < -0.3 is 10.1 Å². The smallest absolute Gasteiger partial charge is 0.0715 e. The number of aryl methyl sites for hydroxylation is 2. The molecule has 1 unspecified atom stereocenters. The van der Waals surface area contributed by atoms with E-state index in [9.17, 15) is 0 Å². The predicted octanol–water partition coefficient (Wildman–Crippen LogP) is 2.75. The molecule has 0 saturated heterocycles. The molecular weight excluding hydrogens is 174 g/mol. The summed E-state index contributed by atoms with van der Waals surface area (Å²) in [4.78, 5) is 0. The molecule has 78 valence electrons. The van der Waals surface area contributed by atoms with Crippen molar-refractivity contribution < 1.29 is 4.74 Å². The van der Waals surface area contributed by atoms with Gasteiger partial charge in [0.05, 0.1) is 6.10 Å². The monoisotopic (exact) mass is 193 g/mol. The minimum Gasteiger partial charge on any atom is -0.382 e. The standard InChI is InChI=1S/C12H19NO/c1-9-5-10(2)7-12(6-9)13-8-11(3)14-4/h5-7,11,13H,8H2,1-4H3. The van der Waals surface area contributed by atoms with Crippen LogP contribution >= 0.6 is 0 Å². The first kappa shape index (κ1) is 11.1. The molecule has 0 heterocycles. The van der Waals surface area contributed by atoms with Crippen LogP contribution in [0.3, 0.4) is 0 Å². The third kappa shape index (κ3) is 3.38. The van der Waals surface area contributed by atoms with Crippen LogP contribution in [0.5, 0.6) is 0 Å². The summed E-state index contributed by atoms with van der Waals surface area (Å²) in [7, 11) is 1.73. The number of rotatable bonds is 4. The SMILES string of the molecule is COC(C)CNc1cc(C)cc(C)c1. The van der Waals surface area contributed by atoms with Gasteiger partial charge in [-0.1, -0.05) is 6.07 Å². The zero-order valence-electron chi connectivity index (χ0n) is 9.42. The fourth-order valence-corrected chi connectivity index (χ4v) is 1.42. The molecule has 2 nitrogen and oxygen atoms in total. The highest BCUT2D eigenvalue weighted by atomic mass is 16.5. The Morgan fingerprint density at radius 3 is 2.29 bits per heavy atom. The molecule has 1 N–H and O–H groups in total. The van der Waals surface area contributed by atoms with Gasteiger partial charge in [0.2, 0.25) is 0 Å². The van der Waals surface area contributed by atoms with Gasteiger partial charge >= 0.3 is 0 Å². The minimum atomic E-state index is 0.246. The zero-order chi connectivity index (χ0) is 10.6. The molecule has 0 spiro atoms. The quantitative estimate of drug-likeness (QED) is 0.794. The van der Waals surface area contributed by atoms with Gasteiger partial charge in [-0.05, 0) is 44.0 Å². The van der Waals surface area contributed by atoms with Crippen LogP contribution in [0, 0.1) is 13.8 Å². The fraction of sp³-hybridized carbons (Fsp3) is 0.500. The Bertz CT molecular complexity index is 276. The van der Waals surface area contributed by atoms with Crippen molar-refractivity contribution in [3.05, 3.63) is 29.3 Å². The molecule has 0 aliphatic heterocycles. The van der Waals surface area contributed by atoms with Gasteiger partial charge in [0.1, 0.15) is 0 Å². The van der Waals surface area contributed by atoms with Crippen LogP contribution in [0.15, 0.2) is 18.2 Å². The third-order valence-corrected chi connectivity index (χ3v) is 2.22. The Balaban J connectivity index is 2.58. The largest absolute Gasteiger partial charge is 0.382 e. The van der Waals surface area contributed by atoms with Gasteiger partial charge in [-0.2, -0.15) is 0 Å². The topological polar surface area (TPSA) is 21.3 Å². The van der Waals surface area contributed by atoms with Gasteiger partial charge in [0.15, 0.2) is 0 Å². The lowest BCUT2D eigenvalue weighted by molar-refractivity contribution is 0.129. The van der Waals surface area contributed by atoms with Crippen molar-refractivity contribution in [3.8, 4) is 0 Å². The average Bonchev–Trinajstić information content (AvgIpc) is 2.12. The van der Waals surface area contributed by atoms with E-state index in [1.54, 1.807) is 7.11 Å². The van der Waals surface area contributed by atoms with Crippen LogP contribution in [-0.2, 0) is 4.74 Å². The second-order valence-corrected chi connectivity index (χ2v) is 3.80. The van der Waals surface area contributed by atoms with E-state index in [-0.39, 0.29) is 6.10 Å². The maximum atomic E-state index is 5.17. The van der Waals surface area contributed by atoms with E-state index in [4.69, 9.17) is 4.74 Å². The highest BCUT2D eigenvalue weighted by molar-refractivity contribution is 5.48. The summed E-state index contributed by atoms with van der Waals surface area (Å²) in [6, 6.07) is 6.47. The third-order valence-electron chi connectivity index (χ3n) is 2.22. The minimum absolute atomic E-state index is 0.246. The van der Waals surface area contributed by atoms with E-state index < -0.39 is 0 Å². The van der Waals surface area contributed by atoms with E-state index in [0.29, 0.717) is 0 Å². The fourth-order valence-electron chi connectivity index (χ4n) is 1.42. The number of hydrogen-bond acceptors (Lipinski definition) is 2. The van der Waals surface area contributed by atoms with Crippen LogP contribution in [0.25, 0.3) is 0 Å². The summed E-state index contributed by atoms with van der Waals surface area (Å²) in [5, 5.41) is 3.35. The van der Waals surface area contributed by atoms with Gasteiger partial charge in [-0.3, -0.25) is 0 Å². The van der Waals surface area contributed by atoms with E-state index in [2.05, 4.69) is 44.3 Å². The molecule has 0 bridgehead atoms. The highest BCUT2D eigenvalue weighted by Crippen LogP contribution is 2.13. The Morgan fingerprint density at radius 2 is 1.79 bits per heavy atom. The van der Waals surface area contributed by atoms with Crippen molar-refractivity contribution in [2.45, 2.75) is 26.9 Å². The first-order chi connectivity index (χ1) is 6.61. The zero-order valence-corrected chi connectivity index (χ0v) is 9.42. The number of methoxy groups -OCH3 is 1. The molecule has 0 aliphatic rings. The van der Waals surface area contributed by atoms with Crippen LogP contribution in [-0.4, -0.2) is 19.8 Å². The molecule has 2 heteroatoms. The van der Waals surface area contributed by atoms with Crippen molar-refractivity contribution in [1.29, 1.82) is 0 Å². The molecule has 0 aromatic heterocycles. The maximum Gasteiger partial charge on any atom is 0.0715 e. The molecule has 1 rings (SSSR count). The summed E-state index contributed by atoms with van der Waals surface area (Å²) in [5.41, 5.74) is 3.75. The maximum absolute atomic E-state index is 5.17. The molecule has 0 fully saturated rings. The van der Waals surface area contributed by atoms with Crippen LogP contribution in [0.1, 0.15) is 18.1 Å². The van der Waals surface area contributed by atoms with E-state index in [1.807, 2.05) is 0 Å². The van der Waals surface area contributed by atoms with Crippen molar-refractivity contribution in [2.75, 3.05) is 19.0 Å². The Hall–Kier alpha value is -1.02. The van der Waals surface area contributed by atoms with E-state index in [0.717, 1.165) is 6.54 Å². The number of hydrogen-bond donors (Lipinski definition) is 1. The summed E-state index contributed by atoms with van der Waals surface area (Å²) in [6.45, 7) is 7.12. The lowest BCUT2D eigenvalue weighted by Crippen LogP contribution is -2.18. The average molecular weight is 193 g/mol. The van der Waals surface area contributed by atoms with Gasteiger partial charge in [0.25, 0.3) is 0 Å². The number of nitrogens with one attached hydrogen (secondary N) is 1. The Labute approximate surface area is 86.3 Å². The first-order valence-corrected chi connectivity index (χ1v) is 4.97. The van der Waals surface area contributed by atoms with Crippen molar-refractivity contribution in [2.24, 2.45) is 0 Å². The van der Waals surface area contributed by atoms with Crippen LogP contribution in [0.2, 0.25) is 0 Å². The number of anilines is 1. The van der Waals surface area contributed by atoms with Gasteiger partial charge in [-0.15, -0.1) is 0 Å². The van der Waals surface area contributed by atoms with E-state index >= 15 is 0 Å². The summed E-state index contributed by atoms with van der Waals surface area (Å²) in [5.74, 6) is 0. The molecule has 0 amide bonds. The summed E-state index contributed by atoms with van der Waals surface area (Å²) < 4.78 is 5.17. The molecule has 0 saturated carbocycles. The van der Waals surface area contributed by atoms with E-state index in [1.165, 1.54) is 16.8 Å².